The maximum absolute atomic E-state index is 12.7. The standard InChI is InChI=1S/C20H16F3N5/c1-12-3-8-17(13(2)9-12)28-19-16(10-26-28)18(24-11-25-19)27-15-6-4-14(5-7-15)20(21,22)23/h3-11H,1-2H3,(H,24,25,27). The van der Waals surface area contributed by atoms with Crippen molar-refractivity contribution < 1.29 is 13.2 Å². The predicted molar refractivity (Wildman–Crippen MR) is 101 cm³/mol. The second kappa shape index (κ2) is 6.63. The zero-order valence-corrected chi connectivity index (χ0v) is 15.1. The number of halogens is 3. The molecule has 4 aromatic rings. The molecule has 0 aliphatic heterocycles. The minimum Gasteiger partial charge on any atom is -0.340 e. The van der Waals surface area contributed by atoms with Crippen molar-refractivity contribution in [3.05, 3.63) is 71.7 Å². The highest BCUT2D eigenvalue weighted by Crippen LogP contribution is 2.31. The summed E-state index contributed by atoms with van der Waals surface area (Å²) < 4.78 is 39.9. The second-order valence-electron chi connectivity index (χ2n) is 6.51. The summed E-state index contributed by atoms with van der Waals surface area (Å²) in [5, 5.41) is 8.14. The van der Waals surface area contributed by atoms with Gasteiger partial charge in [0.2, 0.25) is 0 Å². The number of nitrogens with zero attached hydrogens (tertiary/aromatic N) is 4. The van der Waals surface area contributed by atoms with Crippen LogP contribution in [0.4, 0.5) is 24.7 Å². The SMILES string of the molecule is Cc1ccc(-n2ncc3c(Nc4ccc(C(F)(F)F)cc4)ncnc32)c(C)c1. The molecule has 0 fully saturated rings. The maximum atomic E-state index is 12.7. The van der Waals surface area contributed by atoms with Crippen LogP contribution >= 0.6 is 0 Å². The lowest BCUT2D eigenvalue weighted by molar-refractivity contribution is -0.137. The molecule has 4 rings (SSSR count). The second-order valence-corrected chi connectivity index (χ2v) is 6.51. The lowest BCUT2D eigenvalue weighted by Crippen LogP contribution is -2.04. The van der Waals surface area contributed by atoms with Crippen LogP contribution in [0.25, 0.3) is 16.7 Å². The Kier molecular flexibility index (Phi) is 4.26. The van der Waals surface area contributed by atoms with Gasteiger partial charge in [-0.15, -0.1) is 0 Å². The summed E-state index contributed by atoms with van der Waals surface area (Å²) in [5.74, 6) is 0.473. The molecule has 0 aliphatic rings. The van der Waals surface area contributed by atoms with Crippen molar-refractivity contribution in [3.63, 3.8) is 0 Å². The van der Waals surface area contributed by atoms with E-state index >= 15 is 0 Å². The molecule has 142 valence electrons. The summed E-state index contributed by atoms with van der Waals surface area (Å²) in [6.45, 7) is 4.02. The Balaban J connectivity index is 1.71. The van der Waals surface area contributed by atoms with Gasteiger partial charge in [-0.3, -0.25) is 0 Å². The number of anilines is 2. The molecule has 5 nitrogen and oxygen atoms in total. The van der Waals surface area contributed by atoms with Crippen molar-refractivity contribution in [2.24, 2.45) is 0 Å². The van der Waals surface area contributed by atoms with Crippen LogP contribution in [0.5, 0.6) is 0 Å². The molecule has 1 N–H and O–H groups in total. The van der Waals surface area contributed by atoms with E-state index in [4.69, 9.17) is 0 Å². The Morgan fingerprint density at radius 2 is 1.71 bits per heavy atom. The molecular weight excluding hydrogens is 367 g/mol. The Morgan fingerprint density at radius 3 is 2.39 bits per heavy atom. The fraction of sp³-hybridized carbons (Fsp3) is 0.150. The third kappa shape index (κ3) is 3.28. The van der Waals surface area contributed by atoms with E-state index in [0.717, 1.165) is 28.9 Å². The molecule has 0 saturated heterocycles. The van der Waals surface area contributed by atoms with E-state index in [2.05, 4.69) is 26.4 Å². The van der Waals surface area contributed by atoms with Crippen LogP contribution in [0.2, 0.25) is 0 Å². The van der Waals surface area contributed by atoms with Crippen LogP contribution in [0, 0.1) is 13.8 Å². The lowest BCUT2D eigenvalue weighted by atomic mass is 10.1. The van der Waals surface area contributed by atoms with E-state index in [1.807, 2.05) is 26.0 Å². The Labute approximate surface area is 158 Å². The van der Waals surface area contributed by atoms with Crippen LogP contribution in [0.3, 0.4) is 0 Å². The molecule has 0 atom stereocenters. The largest absolute Gasteiger partial charge is 0.416 e. The van der Waals surface area contributed by atoms with Gasteiger partial charge in [-0.1, -0.05) is 17.7 Å². The van der Waals surface area contributed by atoms with Gasteiger partial charge in [0.25, 0.3) is 0 Å². The third-order valence-electron chi connectivity index (χ3n) is 4.42. The highest BCUT2D eigenvalue weighted by Gasteiger charge is 2.30. The molecule has 0 aliphatic carbocycles. The number of aryl methyl sites for hydroxylation is 2. The van der Waals surface area contributed by atoms with Crippen LogP contribution in [-0.4, -0.2) is 19.7 Å². The van der Waals surface area contributed by atoms with Crippen molar-refractivity contribution >= 4 is 22.5 Å². The van der Waals surface area contributed by atoms with Gasteiger partial charge in [-0.25, -0.2) is 14.6 Å². The van der Waals surface area contributed by atoms with Crippen molar-refractivity contribution in [3.8, 4) is 5.69 Å². The molecule has 0 bridgehead atoms. The molecule has 2 heterocycles. The molecule has 2 aromatic carbocycles. The predicted octanol–water partition coefficient (Wildman–Crippen LogP) is 5.19. The van der Waals surface area contributed by atoms with Crippen LogP contribution in [-0.2, 0) is 6.18 Å². The van der Waals surface area contributed by atoms with E-state index in [1.54, 1.807) is 10.9 Å². The first-order chi connectivity index (χ1) is 13.3. The van der Waals surface area contributed by atoms with Gasteiger partial charge >= 0.3 is 6.18 Å². The zero-order chi connectivity index (χ0) is 19.9. The van der Waals surface area contributed by atoms with Gasteiger partial charge in [0, 0.05) is 5.69 Å². The number of alkyl halides is 3. The minimum atomic E-state index is -4.37. The van der Waals surface area contributed by atoms with E-state index in [1.165, 1.54) is 18.5 Å². The highest BCUT2D eigenvalue weighted by molar-refractivity contribution is 5.89. The highest BCUT2D eigenvalue weighted by atomic mass is 19.4. The van der Waals surface area contributed by atoms with Crippen LogP contribution in [0.15, 0.2) is 55.0 Å². The Bertz CT molecular complexity index is 1150. The molecule has 8 heteroatoms. The average Bonchev–Trinajstić information content (AvgIpc) is 3.06. The fourth-order valence-corrected chi connectivity index (χ4v) is 3.04. The number of fused-ring (bicyclic) bond motifs is 1. The summed E-state index contributed by atoms with van der Waals surface area (Å²) in [4.78, 5) is 8.55. The molecule has 0 saturated carbocycles. The summed E-state index contributed by atoms with van der Waals surface area (Å²) in [5.41, 5.74) is 3.51. The summed E-state index contributed by atoms with van der Waals surface area (Å²) in [6, 6.07) is 10.8. The number of hydrogen-bond donors (Lipinski definition) is 1. The maximum Gasteiger partial charge on any atom is 0.416 e. The molecule has 28 heavy (non-hydrogen) atoms. The quantitative estimate of drug-likeness (QED) is 0.529. The number of hydrogen-bond acceptors (Lipinski definition) is 4. The summed E-state index contributed by atoms with van der Waals surface area (Å²) in [6.07, 6.45) is -1.33. The number of rotatable bonds is 3. The van der Waals surface area contributed by atoms with Crippen LogP contribution in [0.1, 0.15) is 16.7 Å². The molecule has 0 unspecified atom stereocenters. The van der Waals surface area contributed by atoms with E-state index in [0.29, 0.717) is 22.5 Å². The smallest absolute Gasteiger partial charge is 0.340 e. The van der Waals surface area contributed by atoms with Crippen molar-refractivity contribution in [1.82, 2.24) is 19.7 Å². The van der Waals surface area contributed by atoms with E-state index < -0.39 is 11.7 Å². The Morgan fingerprint density at radius 1 is 0.964 bits per heavy atom. The molecule has 2 aromatic heterocycles. The number of nitrogens with one attached hydrogen (secondary N) is 1. The monoisotopic (exact) mass is 383 g/mol. The van der Waals surface area contributed by atoms with Gasteiger partial charge in [0.15, 0.2) is 5.65 Å². The molecule has 0 amide bonds. The van der Waals surface area contributed by atoms with Gasteiger partial charge in [0.1, 0.15) is 12.1 Å². The van der Waals surface area contributed by atoms with E-state index in [-0.39, 0.29) is 0 Å². The molecular formula is C20H16F3N5. The van der Waals surface area contributed by atoms with Crippen molar-refractivity contribution in [2.75, 3.05) is 5.32 Å². The normalized spacial score (nSPS) is 11.8. The van der Waals surface area contributed by atoms with Crippen molar-refractivity contribution in [1.29, 1.82) is 0 Å². The van der Waals surface area contributed by atoms with Gasteiger partial charge in [-0.2, -0.15) is 18.3 Å². The first-order valence-corrected chi connectivity index (χ1v) is 8.53. The van der Waals surface area contributed by atoms with Gasteiger partial charge in [0.05, 0.1) is 22.8 Å². The summed E-state index contributed by atoms with van der Waals surface area (Å²) >= 11 is 0. The van der Waals surface area contributed by atoms with Crippen LogP contribution < -0.4 is 5.32 Å². The zero-order valence-electron chi connectivity index (χ0n) is 15.1. The van der Waals surface area contributed by atoms with Gasteiger partial charge in [-0.05, 0) is 49.7 Å². The molecule has 0 spiro atoms. The van der Waals surface area contributed by atoms with Gasteiger partial charge < -0.3 is 5.32 Å². The first-order valence-electron chi connectivity index (χ1n) is 8.53. The fourth-order valence-electron chi connectivity index (χ4n) is 3.04. The first kappa shape index (κ1) is 18.0. The van der Waals surface area contributed by atoms with E-state index in [9.17, 15) is 13.2 Å². The Hall–Kier alpha value is -3.42. The van der Waals surface area contributed by atoms with Crippen molar-refractivity contribution in [2.45, 2.75) is 20.0 Å². The summed E-state index contributed by atoms with van der Waals surface area (Å²) in [7, 11) is 0. The minimum absolute atomic E-state index is 0.473. The lowest BCUT2D eigenvalue weighted by Gasteiger charge is -2.10. The average molecular weight is 383 g/mol. The third-order valence-corrected chi connectivity index (χ3v) is 4.42. The number of benzene rings is 2. The molecule has 0 radical (unpaired) electrons. The number of aromatic nitrogens is 4. The topological polar surface area (TPSA) is 55.6 Å².